The van der Waals surface area contributed by atoms with Crippen molar-refractivity contribution in [2.45, 2.75) is 38.7 Å². The summed E-state index contributed by atoms with van der Waals surface area (Å²) in [5.41, 5.74) is 0.857. The van der Waals surface area contributed by atoms with Crippen LogP contribution in [0.15, 0.2) is 30.4 Å². The summed E-state index contributed by atoms with van der Waals surface area (Å²) >= 11 is 0. The molecule has 3 aliphatic rings. The molecule has 0 spiro atoms. The Kier molecular flexibility index (Phi) is 5.06. The van der Waals surface area contributed by atoms with Crippen molar-refractivity contribution in [2.75, 3.05) is 19.7 Å². The first-order valence-electron chi connectivity index (χ1n) is 10.1. The van der Waals surface area contributed by atoms with Gasteiger partial charge in [0.15, 0.2) is 11.5 Å². The van der Waals surface area contributed by atoms with Gasteiger partial charge in [-0.25, -0.2) is 0 Å². The Hall–Kier alpha value is -2.83. The quantitative estimate of drug-likeness (QED) is 0.449. The Labute approximate surface area is 170 Å². The van der Waals surface area contributed by atoms with Gasteiger partial charge < -0.3 is 14.8 Å². The smallest absolute Gasteiger partial charge is 0.240 e. The van der Waals surface area contributed by atoms with Crippen molar-refractivity contribution in [3.8, 4) is 11.5 Å². The van der Waals surface area contributed by atoms with Gasteiger partial charge in [-0.05, 0) is 32.8 Å². The van der Waals surface area contributed by atoms with Crippen LogP contribution in [0, 0.1) is 11.8 Å². The highest BCUT2D eigenvalue weighted by Gasteiger charge is 2.47. The van der Waals surface area contributed by atoms with Crippen LogP contribution >= 0.6 is 0 Å². The first kappa shape index (κ1) is 19.5. The zero-order chi connectivity index (χ0) is 20.6. The van der Waals surface area contributed by atoms with Crippen molar-refractivity contribution < 1.29 is 23.9 Å². The minimum Gasteiger partial charge on any atom is -0.488 e. The summed E-state index contributed by atoms with van der Waals surface area (Å²) in [7, 11) is 0. The number of carbonyl (C=O) groups excluding carboxylic acids is 3. The highest BCUT2D eigenvalue weighted by Crippen LogP contribution is 2.41. The summed E-state index contributed by atoms with van der Waals surface area (Å²) in [5.74, 6) is -0.0541. The highest BCUT2D eigenvalue weighted by atomic mass is 16.5. The summed E-state index contributed by atoms with van der Waals surface area (Å²) in [6.07, 6.45) is 5.82. The Bertz CT molecular complexity index is 850. The molecule has 1 saturated heterocycles. The lowest BCUT2D eigenvalue weighted by atomic mass is 9.85. The maximum absolute atomic E-state index is 12.4. The van der Waals surface area contributed by atoms with E-state index in [2.05, 4.69) is 5.32 Å². The first-order valence-corrected chi connectivity index (χ1v) is 10.1. The summed E-state index contributed by atoms with van der Waals surface area (Å²) in [5, 5.41) is 2.72. The van der Waals surface area contributed by atoms with Crippen molar-refractivity contribution >= 4 is 17.7 Å². The van der Waals surface area contributed by atoms with Gasteiger partial charge in [-0.2, -0.15) is 0 Å². The number of rotatable bonds is 6. The molecule has 0 saturated carbocycles. The molecule has 154 valence electrons. The number of fused-ring (bicyclic) bond motifs is 2. The van der Waals surface area contributed by atoms with Crippen LogP contribution in [-0.4, -0.2) is 47.9 Å². The van der Waals surface area contributed by atoms with E-state index < -0.39 is 0 Å². The molecule has 1 N–H and O–H groups in total. The first-order chi connectivity index (χ1) is 13.9. The number of benzene rings is 1. The molecule has 29 heavy (non-hydrogen) atoms. The normalized spacial score (nSPS) is 24.1. The second-order valence-electron chi connectivity index (χ2n) is 8.40. The molecule has 4 rings (SSSR count). The Balaban J connectivity index is 1.25. The number of carbonyl (C=O) groups is 3. The molecule has 0 radical (unpaired) electrons. The van der Waals surface area contributed by atoms with Crippen molar-refractivity contribution in [3.63, 3.8) is 0 Å². The van der Waals surface area contributed by atoms with Gasteiger partial charge in [0, 0.05) is 12.0 Å². The Morgan fingerprint density at radius 3 is 2.59 bits per heavy atom. The standard InChI is InChI=1S/C22H26N2O5/c1-22(2)12-14-6-5-9-17(19(14)29-22)28-11-10-23-18(25)13-24-20(26)15-7-3-4-8-16(15)21(24)27/h3-6,9,15-16H,7-8,10-13H2,1-2H3,(H,23,25). The van der Waals surface area contributed by atoms with Gasteiger partial charge in [0.05, 0.1) is 18.4 Å². The van der Waals surface area contributed by atoms with Gasteiger partial charge in [-0.3, -0.25) is 19.3 Å². The summed E-state index contributed by atoms with van der Waals surface area (Å²) in [6, 6.07) is 5.80. The van der Waals surface area contributed by atoms with Crippen LogP contribution < -0.4 is 14.8 Å². The van der Waals surface area contributed by atoms with Crippen molar-refractivity contribution in [2.24, 2.45) is 11.8 Å². The fourth-order valence-corrected chi connectivity index (χ4v) is 4.28. The van der Waals surface area contributed by atoms with E-state index in [9.17, 15) is 14.4 Å². The lowest BCUT2D eigenvalue weighted by Gasteiger charge is -2.18. The average Bonchev–Trinajstić information content (AvgIpc) is 3.13. The van der Waals surface area contributed by atoms with E-state index in [-0.39, 0.29) is 54.9 Å². The molecule has 2 heterocycles. The van der Waals surface area contributed by atoms with E-state index in [0.29, 0.717) is 18.6 Å². The number of hydrogen-bond acceptors (Lipinski definition) is 5. The molecule has 1 aromatic rings. The van der Waals surface area contributed by atoms with E-state index in [4.69, 9.17) is 9.47 Å². The molecule has 0 aromatic heterocycles. The number of ether oxygens (including phenoxy) is 2. The van der Waals surface area contributed by atoms with Crippen LogP contribution in [0.1, 0.15) is 32.3 Å². The molecule has 2 atom stereocenters. The fourth-order valence-electron chi connectivity index (χ4n) is 4.28. The van der Waals surface area contributed by atoms with Gasteiger partial charge >= 0.3 is 0 Å². The molecule has 0 bridgehead atoms. The predicted molar refractivity (Wildman–Crippen MR) is 105 cm³/mol. The molecule has 3 amide bonds. The molecule has 7 nitrogen and oxygen atoms in total. The van der Waals surface area contributed by atoms with E-state index in [0.717, 1.165) is 22.6 Å². The van der Waals surface area contributed by atoms with E-state index >= 15 is 0 Å². The minimum atomic E-state index is -0.363. The summed E-state index contributed by atoms with van der Waals surface area (Å²) < 4.78 is 11.7. The summed E-state index contributed by atoms with van der Waals surface area (Å²) in [6.45, 7) is 4.37. The zero-order valence-corrected chi connectivity index (χ0v) is 16.8. The predicted octanol–water partition coefficient (Wildman–Crippen LogP) is 1.85. The van der Waals surface area contributed by atoms with Crippen LogP contribution in [-0.2, 0) is 20.8 Å². The largest absolute Gasteiger partial charge is 0.488 e. The fraction of sp³-hybridized carbons (Fsp3) is 0.500. The second kappa shape index (κ2) is 7.54. The molecule has 2 unspecified atom stereocenters. The number of imide groups is 1. The zero-order valence-electron chi connectivity index (χ0n) is 16.8. The van der Waals surface area contributed by atoms with E-state index in [1.54, 1.807) is 0 Å². The van der Waals surface area contributed by atoms with Gasteiger partial charge in [0.2, 0.25) is 17.7 Å². The number of amides is 3. The van der Waals surface area contributed by atoms with Crippen molar-refractivity contribution in [3.05, 3.63) is 35.9 Å². The van der Waals surface area contributed by atoms with Gasteiger partial charge in [0.25, 0.3) is 0 Å². The van der Waals surface area contributed by atoms with E-state index in [1.807, 2.05) is 44.2 Å². The molecule has 2 aliphatic heterocycles. The minimum absolute atomic E-state index is 0.233. The SMILES string of the molecule is CC1(C)Cc2cccc(OCCNC(=O)CN3C(=O)C4CC=CCC4C3=O)c2O1. The van der Waals surface area contributed by atoms with Gasteiger partial charge in [0.1, 0.15) is 18.8 Å². The molecule has 1 fully saturated rings. The molecule has 1 aliphatic carbocycles. The van der Waals surface area contributed by atoms with Crippen LogP contribution in [0.2, 0.25) is 0 Å². The lowest BCUT2D eigenvalue weighted by Crippen LogP contribution is -2.42. The summed E-state index contributed by atoms with van der Waals surface area (Å²) in [4.78, 5) is 38.2. The van der Waals surface area contributed by atoms with Gasteiger partial charge in [-0.15, -0.1) is 0 Å². The topological polar surface area (TPSA) is 84.9 Å². The lowest BCUT2D eigenvalue weighted by molar-refractivity contribution is -0.143. The third-order valence-electron chi connectivity index (χ3n) is 5.64. The van der Waals surface area contributed by atoms with Gasteiger partial charge in [-0.1, -0.05) is 24.3 Å². The second-order valence-corrected chi connectivity index (χ2v) is 8.40. The maximum Gasteiger partial charge on any atom is 0.240 e. The number of para-hydroxylation sites is 1. The highest BCUT2D eigenvalue weighted by molar-refractivity contribution is 6.07. The third kappa shape index (κ3) is 3.86. The molecular formula is C22H26N2O5. The monoisotopic (exact) mass is 398 g/mol. The van der Waals surface area contributed by atoms with Crippen LogP contribution in [0.4, 0.5) is 0 Å². The number of allylic oxidation sites excluding steroid dienone is 2. The third-order valence-corrected chi connectivity index (χ3v) is 5.64. The Morgan fingerprint density at radius 1 is 1.21 bits per heavy atom. The molecule has 7 heteroatoms. The maximum atomic E-state index is 12.4. The van der Waals surface area contributed by atoms with Crippen LogP contribution in [0.5, 0.6) is 11.5 Å². The molecular weight excluding hydrogens is 372 g/mol. The average molecular weight is 398 g/mol. The van der Waals surface area contributed by atoms with Crippen LogP contribution in [0.3, 0.4) is 0 Å². The van der Waals surface area contributed by atoms with E-state index in [1.165, 1.54) is 0 Å². The number of nitrogens with zero attached hydrogens (tertiary/aromatic N) is 1. The molecule has 1 aromatic carbocycles. The number of hydrogen-bond donors (Lipinski definition) is 1. The van der Waals surface area contributed by atoms with Crippen LogP contribution in [0.25, 0.3) is 0 Å². The van der Waals surface area contributed by atoms with Crippen molar-refractivity contribution in [1.29, 1.82) is 0 Å². The number of nitrogens with one attached hydrogen (secondary N) is 1. The number of likely N-dealkylation sites (tertiary alicyclic amines) is 1. The Morgan fingerprint density at radius 2 is 1.90 bits per heavy atom. The van der Waals surface area contributed by atoms with Crippen molar-refractivity contribution in [1.82, 2.24) is 10.2 Å².